The molecule has 0 bridgehead atoms. The summed E-state index contributed by atoms with van der Waals surface area (Å²) in [4.78, 5) is 25.4. The number of likely N-dealkylation sites (N-methyl/N-ethyl adjacent to an activating group) is 1. The average Bonchev–Trinajstić information content (AvgIpc) is 3.31. The Morgan fingerprint density at radius 1 is 0.522 bits per heavy atom. The fourth-order valence-corrected chi connectivity index (χ4v) is 7.32. The number of phosphoric acid groups is 1. The zero-order valence-corrected chi connectivity index (χ0v) is 45.1. The van der Waals surface area contributed by atoms with E-state index in [0.29, 0.717) is 23.9 Å². The minimum absolute atomic E-state index is 0.0288. The van der Waals surface area contributed by atoms with Crippen LogP contribution in [0.25, 0.3) is 0 Å². The van der Waals surface area contributed by atoms with Gasteiger partial charge in [-0.1, -0.05) is 205 Å². The van der Waals surface area contributed by atoms with Gasteiger partial charge in [-0.05, 0) is 109 Å². The van der Waals surface area contributed by atoms with Gasteiger partial charge in [-0.15, -0.1) is 0 Å². The molecule has 390 valence electrons. The Morgan fingerprint density at radius 2 is 0.899 bits per heavy atom. The van der Waals surface area contributed by atoms with Gasteiger partial charge in [-0.2, -0.15) is 0 Å². The normalized spacial score (nSPS) is 15.2. The van der Waals surface area contributed by atoms with Crippen LogP contribution in [0.2, 0.25) is 0 Å². The fourth-order valence-electron chi connectivity index (χ4n) is 6.60. The first kappa shape index (κ1) is 65.4. The number of phosphoric ester groups is 1. The van der Waals surface area contributed by atoms with Crippen LogP contribution >= 0.6 is 7.82 Å². The number of aliphatic hydroxyl groups excluding tert-OH is 1. The zero-order chi connectivity index (χ0) is 50.6. The van der Waals surface area contributed by atoms with E-state index in [1.165, 1.54) is 51.4 Å². The third kappa shape index (κ3) is 52.0. The Balaban J connectivity index is 4.50. The number of unbranched alkanes of at least 4 members (excludes halogenated alkanes) is 11. The summed E-state index contributed by atoms with van der Waals surface area (Å²) >= 11 is 0. The van der Waals surface area contributed by atoms with E-state index in [-0.39, 0.29) is 18.9 Å². The molecule has 1 amide bonds. The summed E-state index contributed by atoms with van der Waals surface area (Å²) < 4.78 is 23.2. The summed E-state index contributed by atoms with van der Waals surface area (Å²) in [7, 11) is 1.17. The Kier molecular flexibility index (Phi) is 46.8. The molecule has 0 saturated heterocycles. The summed E-state index contributed by atoms with van der Waals surface area (Å²) in [5.74, 6) is -0.276. The predicted molar refractivity (Wildman–Crippen MR) is 297 cm³/mol. The van der Waals surface area contributed by atoms with E-state index in [1.807, 2.05) is 27.2 Å². The highest BCUT2D eigenvalue weighted by molar-refractivity contribution is 7.45. The number of rotatable bonds is 46. The third-order valence-corrected chi connectivity index (χ3v) is 11.7. The van der Waals surface area contributed by atoms with Crippen LogP contribution in [0, 0.1) is 0 Å². The largest absolute Gasteiger partial charge is 0.756 e. The number of hydrogen-bond donors (Lipinski definition) is 2. The molecule has 0 radical (unpaired) electrons. The van der Waals surface area contributed by atoms with Gasteiger partial charge in [-0.3, -0.25) is 9.36 Å². The maximum Gasteiger partial charge on any atom is 0.268 e. The first-order chi connectivity index (χ1) is 33.5. The van der Waals surface area contributed by atoms with E-state index in [4.69, 9.17) is 9.05 Å². The Morgan fingerprint density at radius 3 is 1.35 bits per heavy atom. The van der Waals surface area contributed by atoms with Crippen molar-refractivity contribution < 1.29 is 32.9 Å². The van der Waals surface area contributed by atoms with Gasteiger partial charge < -0.3 is 28.8 Å². The molecule has 0 aromatic carbocycles. The fraction of sp³-hybridized carbons (Fsp3) is 0.583. The number of nitrogens with one attached hydrogen (secondary N) is 1. The zero-order valence-electron chi connectivity index (χ0n) is 44.2. The highest BCUT2D eigenvalue weighted by Gasteiger charge is 2.23. The van der Waals surface area contributed by atoms with Gasteiger partial charge in [0.25, 0.3) is 7.82 Å². The van der Waals surface area contributed by atoms with Crippen LogP contribution in [0.5, 0.6) is 0 Å². The number of nitrogens with zero attached hydrogens (tertiary/aromatic N) is 1. The maximum atomic E-state index is 12.9. The lowest BCUT2D eigenvalue weighted by molar-refractivity contribution is -0.870. The van der Waals surface area contributed by atoms with E-state index in [0.717, 1.165) is 89.9 Å². The summed E-state index contributed by atoms with van der Waals surface area (Å²) in [6.45, 7) is 4.43. The molecule has 0 saturated carbocycles. The number of aliphatic hydroxyl groups is 1. The monoisotopic (exact) mass is 975 g/mol. The average molecular weight is 975 g/mol. The molecule has 0 fully saturated rings. The van der Waals surface area contributed by atoms with Gasteiger partial charge >= 0.3 is 0 Å². The SMILES string of the molecule is CC/C=C\C/C=C\C/C=C\C/C=C\C/C=C\C/C=C\C/C=C\C/C=C\C/C=C\CCCC(=O)NC(COP(=O)([O-])OCC[N+](C)(C)C)C(O)/C=C/CC/C=C/CC/C=C/CCCCCCCCCC. The van der Waals surface area contributed by atoms with Crippen LogP contribution < -0.4 is 10.2 Å². The molecule has 69 heavy (non-hydrogen) atoms. The molecular weight excluding hydrogens is 876 g/mol. The van der Waals surface area contributed by atoms with Gasteiger partial charge in [0.2, 0.25) is 5.91 Å². The van der Waals surface area contributed by atoms with Gasteiger partial charge in [0.15, 0.2) is 0 Å². The van der Waals surface area contributed by atoms with Crippen molar-refractivity contribution in [2.75, 3.05) is 40.9 Å². The molecule has 3 atom stereocenters. The number of carbonyl (C=O) groups is 1. The number of amides is 1. The van der Waals surface area contributed by atoms with E-state index in [2.05, 4.69) is 153 Å². The molecule has 0 spiro atoms. The van der Waals surface area contributed by atoms with Crippen LogP contribution in [0.15, 0.2) is 146 Å². The number of quaternary nitrogens is 1. The molecule has 0 heterocycles. The van der Waals surface area contributed by atoms with Crippen LogP contribution in [-0.4, -0.2) is 68.5 Å². The van der Waals surface area contributed by atoms with Crippen LogP contribution in [-0.2, 0) is 18.4 Å². The van der Waals surface area contributed by atoms with Crippen molar-refractivity contribution in [3.63, 3.8) is 0 Å². The molecular formula is C60H99N2O6P. The lowest BCUT2D eigenvalue weighted by atomic mass is 10.1. The lowest BCUT2D eigenvalue weighted by Crippen LogP contribution is -2.45. The lowest BCUT2D eigenvalue weighted by Gasteiger charge is -2.29. The molecule has 9 heteroatoms. The van der Waals surface area contributed by atoms with Gasteiger partial charge in [0.05, 0.1) is 39.9 Å². The summed E-state index contributed by atoms with van der Waals surface area (Å²) in [6.07, 6.45) is 76.4. The van der Waals surface area contributed by atoms with E-state index in [1.54, 1.807) is 6.08 Å². The molecule has 0 aliphatic heterocycles. The van der Waals surface area contributed by atoms with Crippen molar-refractivity contribution in [2.45, 2.75) is 187 Å². The van der Waals surface area contributed by atoms with Gasteiger partial charge in [-0.25, -0.2) is 0 Å². The second kappa shape index (κ2) is 49.4. The Labute approximate surface area is 423 Å². The molecule has 3 unspecified atom stereocenters. The van der Waals surface area contributed by atoms with Crippen LogP contribution in [0.3, 0.4) is 0 Å². The van der Waals surface area contributed by atoms with Crippen molar-refractivity contribution >= 4 is 13.7 Å². The second-order valence-electron chi connectivity index (χ2n) is 18.5. The minimum atomic E-state index is -4.63. The first-order valence-corrected chi connectivity index (χ1v) is 28.2. The summed E-state index contributed by atoms with van der Waals surface area (Å²) in [6, 6.07) is -0.952. The molecule has 0 aliphatic carbocycles. The van der Waals surface area contributed by atoms with Gasteiger partial charge in [0.1, 0.15) is 13.2 Å². The molecule has 0 aliphatic rings. The number of allylic oxidation sites excluding steroid dienone is 23. The molecule has 0 aromatic heterocycles. The minimum Gasteiger partial charge on any atom is -0.756 e. The summed E-state index contributed by atoms with van der Waals surface area (Å²) in [5, 5.41) is 13.8. The van der Waals surface area contributed by atoms with E-state index >= 15 is 0 Å². The second-order valence-corrected chi connectivity index (χ2v) is 19.9. The van der Waals surface area contributed by atoms with Crippen LogP contribution in [0.4, 0.5) is 0 Å². The Bertz CT molecular complexity index is 1620. The molecule has 8 nitrogen and oxygen atoms in total. The standard InChI is InChI=1S/C60H99N2O6P/c1-6-8-10-12-14-16-18-20-22-24-26-27-28-29-30-31-32-33-34-35-36-38-40-42-44-46-48-50-52-54-60(64)61-58(57-68-69(65,66)67-56-55-62(3,4)5)59(63)53-51-49-47-45-43-41-39-37-25-23-21-19-17-15-13-11-9-7-2/h8,10,14,16,20,22,25-27,29-30,32-33,35-37,40,42-43,45-46,48,51,53,58-59,63H,6-7,9,11-13,15,17-19,21,23-24,28,31,34,38-39,41,44,47,49-50,52,54-57H2,1-5H3,(H-,61,64,65,66)/b10-8-,16-14-,22-20-,27-26-,30-29-,33-32-,36-35-,37-25+,42-40-,45-43+,48-46-,53-51+. The third-order valence-electron chi connectivity index (χ3n) is 10.8. The smallest absolute Gasteiger partial charge is 0.268 e. The quantitative estimate of drug-likeness (QED) is 0.0272. The predicted octanol–water partition coefficient (Wildman–Crippen LogP) is 15.5. The van der Waals surface area contributed by atoms with Crippen molar-refractivity contribution in [3.8, 4) is 0 Å². The van der Waals surface area contributed by atoms with Crippen LogP contribution in [0.1, 0.15) is 174 Å². The Hall–Kier alpha value is -3.62. The molecule has 0 aromatic rings. The molecule has 0 rings (SSSR count). The van der Waals surface area contributed by atoms with Crippen molar-refractivity contribution in [3.05, 3.63) is 146 Å². The summed E-state index contributed by atoms with van der Waals surface area (Å²) in [5.41, 5.74) is 0. The van der Waals surface area contributed by atoms with E-state index in [9.17, 15) is 19.4 Å². The highest BCUT2D eigenvalue weighted by Crippen LogP contribution is 2.38. The van der Waals surface area contributed by atoms with Crippen molar-refractivity contribution in [1.82, 2.24) is 5.32 Å². The van der Waals surface area contributed by atoms with Crippen molar-refractivity contribution in [1.29, 1.82) is 0 Å². The maximum absolute atomic E-state index is 12.9. The number of hydrogen-bond acceptors (Lipinski definition) is 6. The van der Waals surface area contributed by atoms with Gasteiger partial charge in [0, 0.05) is 6.42 Å². The first-order valence-electron chi connectivity index (χ1n) is 26.7. The van der Waals surface area contributed by atoms with E-state index < -0.39 is 26.6 Å². The molecule has 2 N–H and O–H groups in total. The topological polar surface area (TPSA) is 108 Å². The highest BCUT2D eigenvalue weighted by atomic mass is 31.2. The number of carbonyl (C=O) groups excluding carboxylic acids is 1. The van der Waals surface area contributed by atoms with Crippen molar-refractivity contribution in [2.24, 2.45) is 0 Å².